The minimum atomic E-state index is 0.945. The first-order valence-electron chi connectivity index (χ1n) is 8.55. The van der Waals surface area contributed by atoms with Gasteiger partial charge < -0.3 is 0 Å². The number of rotatable bonds is 3. The SMILES string of the molecule is Cc1c(-c2ccccn2)nn2c1CN(Cc1ccccc1)CCC2. The first-order chi connectivity index (χ1) is 11.8. The van der Waals surface area contributed by atoms with Crippen molar-refractivity contribution < 1.29 is 0 Å². The number of fused-ring (bicyclic) bond motifs is 1. The van der Waals surface area contributed by atoms with E-state index < -0.39 is 0 Å². The van der Waals surface area contributed by atoms with E-state index in [1.807, 2.05) is 24.4 Å². The zero-order valence-electron chi connectivity index (χ0n) is 14.0. The lowest BCUT2D eigenvalue weighted by Crippen LogP contribution is -2.23. The number of hydrogen-bond acceptors (Lipinski definition) is 3. The molecule has 0 aliphatic carbocycles. The summed E-state index contributed by atoms with van der Waals surface area (Å²) in [6.07, 6.45) is 2.96. The number of aromatic nitrogens is 3. The summed E-state index contributed by atoms with van der Waals surface area (Å²) in [6, 6.07) is 16.7. The lowest BCUT2D eigenvalue weighted by atomic mass is 10.1. The van der Waals surface area contributed by atoms with Gasteiger partial charge in [-0.25, -0.2) is 0 Å². The molecule has 1 aliphatic rings. The Hall–Kier alpha value is -2.46. The third-order valence-electron chi connectivity index (χ3n) is 4.69. The summed E-state index contributed by atoms with van der Waals surface area (Å²) < 4.78 is 2.18. The van der Waals surface area contributed by atoms with Crippen LogP contribution in [0.4, 0.5) is 0 Å². The average Bonchev–Trinajstić information content (AvgIpc) is 2.80. The molecule has 0 N–H and O–H groups in total. The van der Waals surface area contributed by atoms with Gasteiger partial charge in [-0.15, -0.1) is 0 Å². The largest absolute Gasteiger partial charge is 0.293 e. The van der Waals surface area contributed by atoms with Crippen LogP contribution in [-0.2, 0) is 19.6 Å². The summed E-state index contributed by atoms with van der Waals surface area (Å²) in [5, 5.41) is 4.85. The van der Waals surface area contributed by atoms with E-state index in [4.69, 9.17) is 5.10 Å². The smallest absolute Gasteiger partial charge is 0.114 e. The second-order valence-electron chi connectivity index (χ2n) is 6.41. The van der Waals surface area contributed by atoms with Gasteiger partial charge in [0, 0.05) is 37.9 Å². The lowest BCUT2D eigenvalue weighted by Gasteiger charge is -2.20. The van der Waals surface area contributed by atoms with Crippen LogP contribution in [0.5, 0.6) is 0 Å². The van der Waals surface area contributed by atoms with Crippen molar-refractivity contribution in [2.45, 2.75) is 33.0 Å². The van der Waals surface area contributed by atoms with E-state index in [1.54, 1.807) is 0 Å². The zero-order valence-corrected chi connectivity index (χ0v) is 14.0. The topological polar surface area (TPSA) is 34.0 Å². The highest BCUT2D eigenvalue weighted by Crippen LogP contribution is 2.26. The number of pyridine rings is 1. The van der Waals surface area contributed by atoms with Crippen LogP contribution in [-0.4, -0.2) is 26.2 Å². The van der Waals surface area contributed by atoms with Gasteiger partial charge in [-0.1, -0.05) is 36.4 Å². The molecule has 0 bridgehead atoms. The van der Waals surface area contributed by atoms with Crippen molar-refractivity contribution in [3.63, 3.8) is 0 Å². The highest BCUT2D eigenvalue weighted by atomic mass is 15.3. The summed E-state index contributed by atoms with van der Waals surface area (Å²) in [4.78, 5) is 6.99. The number of aryl methyl sites for hydroxylation is 1. The van der Waals surface area contributed by atoms with Gasteiger partial charge in [-0.2, -0.15) is 5.10 Å². The van der Waals surface area contributed by atoms with Gasteiger partial charge in [0.2, 0.25) is 0 Å². The average molecular weight is 318 g/mol. The maximum atomic E-state index is 4.85. The van der Waals surface area contributed by atoms with Crippen molar-refractivity contribution in [3.05, 3.63) is 71.5 Å². The molecule has 2 aromatic heterocycles. The molecule has 0 saturated heterocycles. The minimum absolute atomic E-state index is 0.945. The minimum Gasteiger partial charge on any atom is -0.293 e. The van der Waals surface area contributed by atoms with E-state index in [2.05, 4.69) is 51.8 Å². The molecule has 4 nitrogen and oxygen atoms in total. The van der Waals surface area contributed by atoms with Gasteiger partial charge in [-0.3, -0.25) is 14.6 Å². The molecule has 0 amide bonds. The molecule has 0 fully saturated rings. The van der Waals surface area contributed by atoms with Crippen LogP contribution in [0.15, 0.2) is 54.7 Å². The number of hydrogen-bond donors (Lipinski definition) is 0. The second-order valence-corrected chi connectivity index (χ2v) is 6.41. The summed E-state index contributed by atoms with van der Waals surface area (Å²) in [7, 11) is 0. The third kappa shape index (κ3) is 2.97. The van der Waals surface area contributed by atoms with Crippen molar-refractivity contribution in [3.8, 4) is 11.4 Å². The van der Waals surface area contributed by atoms with E-state index >= 15 is 0 Å². The predicted molar refractivity (Wildman–Crippen MR) is 95.4 cm³/mol. The molecular formula is C20H22N4. The summed E-state index contributed by atoms with van der Waals surface area (Å²) in [6.45, 7) is 6.20. The first kappa shape index (κ1) is 15.1. The van der Waals surface area contributed by atoms with Crippen molar-refractivity contribution in [1.29, 1.82) is 0 Å². The van der Waals surface area contributed by atoms with Crippen LogP contribution in [0.25, 0.3) is 11.4 Å². The lowest BCUT2D eigenvalue weighted by molar-refractivity contribution is 0.260. The Balaban J connectivity index is 1.62. The molecular weight excluding hydrogens is 296 g/mol. The second kappa shape index (κ2) is 6.57. The van der Waals surface area contributed by atoms with Gasteiger partial charge >= 0.3 is 0 Å². The quantitative estimate of drug-likeness (QED) is 0.739. The van der Waals surface area contributed by atoms with Crippen LogP contribution in [0, 0.1) is 6.92 Å². The Bertz CT molecular complexity index is 808. The summed E-state index contributed by atoms with van der Waals surface area (Å²) in [5.41, 5.74) is 5.93. The molecule has 24 heavy (non-hydrogen) atoms. The molecule has 4 heteroatoms. The molecule has 0 spiro atoms. The van der Waals surface area contributed by atoms with E-state index in [1.165, 1.54) is 16.8 Å². The third-order valence-corrected chi connectivity index (χ3v) is 4.69. The van der Waals surface area contributed by atoms with Crippen LogP contribution in [0.1, 0.15) is 23.2 Å². The zero-order chi connectivity index (χ0) is 16.4. The molecule has 3 aromatic rings. The molecule has 4 rings (SSSR count). The van der Waals surface area contributed by atoms with Gasteiger partial charge in [-0.05, 0) is 31.0 Å². The fraction of sp³-hybridized carbons (Fsp3) is 0.300. The van der Waals surface area contributed by atoms with Crippen LogP contribution >= 0.6 is 0 Å². The first-order valence-corrected chi connectivity index (χ1v) is 8.55. The highest BCUT2D eigenvalue weighted by Gasteiger charge is 2.21. The monoisotopic (exact) mass is 318 g/mol. The Morgan fingerprint density at radius 1 is 1.00 bits per heavy atom. The maximum absolute atomic E-state index is 4.85. The number of nitrogens with zero attached hydrogens (tertiary/aromatic N) is 4. The van der Waals surface area contributed by atoms with Gasteiger partial charge in [0.25, 0.3) is 0 Å². The van der Waals surface area contributed by atoms with Gasteiger partial charge in [0.1, 0.15) is 5.69 Å². The van der Waals surface area contributed by atoms with Crippen LogP contribution in [0.2, 0.25) is 0 Å². The van der Waals surface area contributed by atoms with Crippen molar-refractivity contribution in [2.75, 3.05) is 6.54 Å². The molecule has 3 heterocycles. The molecule has 0 unspecified atom stereocenters. The summed E-state index contributed by atoms with van der Waals surface area (Å²) in [5.74, 6) is 0. The Kier molecular flexibility index (Phi) is 4.13. The fourth-order valence-corrected chi connectivity index (χ4v) is 3.43. The normalized spacial score (nSPS) is 15.0. The molecule has 0 saturated carbocycles. The Morgan fingerprint density at radius 3 is 2.62 bits per heavy atom. The van der Waals surface area contributed by atoms with Crippen molar-refractivity contribution >= 4 is 0 Å². The summed E-state index contributed by atoms with van der Waals surface area (Å²) >= 11 is 0. The van der Waals surface area contributed by atoms with Crippen LogP contribution < -0.4 is 0 Å². The van der Waals surface area contributed by atoms with E-state index in [0.29, 0.717) is 0 Å². The molecule has 1 aromatic carbocycles. The molecule has 0 radical (unpaired) electrons. The van der Waals surface area contributed by atoms with Crippen LogP contribution in [0.3, 0.4) is 0 Å². The number of benzene rings is 1. The van der Waals surface area contributed by atoms with E-state index in [-0.39, 0.29) is 0 Å². The predicted octanol–water partition coefficient (Wildman–Crippen LogP) is 3.66. The highest BCUT2D eigenvalue weighted by molar-refractivity contribution is 5.59. The van der Waals surface area contributed by atoms with Crippen molar-refractivity contribution in [1.82, 2.24) is 19.7 Å². The molecule has 1 aliphatic heterocycles. The standard InChI is InChI=1S/C20H22N4/c1-16-19-15-23(14-17-8-3-2-4-9-17)12-7-13-24(19)22-20(16)18-10-5-6-11-21-18/h2-6,8-11H,7,12-15H2,1H3. The Morgan fingerprint density at radius 2 is 1.83 bits per heavy atom. The van der Waals surface area contributed by atoms with Crippen molar-refractivity contribution in [2.24, 2.45) is 0 Å². The maximum Gasteiger partial charge on any atom is 0.114 e. The van der Waals surface area contributed by atoms with Gasteiger partial charge in [0.05, 0.1) is 11.4 Å². The molecule has 122 valence electrons. The molecule has 0 atom stereocenters. The van der Waals surface area contributed by atoms with E-state index in [0.717, 1.165) is 44.0 Å². The van der Waals surface area contributed by atoms with Gasteiger partial charge in [0.15, 0.2) is 0 Å². The fourth-order valence-electron chi connectivity index (χ4n) is 3.43. The Labute approximate surface area is 142 Å². The van der Waals surface area contributed by atoms with E-state index in [9.17, 15) is 0 Å².